The summed E-state index contributed by atoms with van der Waals surface area (Å²) < 4.78 is 1.81. The first-order valence-corrected chi connectivity index (χ1v) is 7.12. The second kappa shape index (κ2) is 4.65. The molecule has 94 valence electrons. The summed E-state index contributed by atoms with van der Waals surface area (Å²) in [4.78, 5) is 15.5. The highest BCUT2D eigenvalue weighted by atomic mass is 32.2. The van der Waals surface area contributed by atoms with Gasteiger partial charge in [0, 0.05) is 17.6 Å². The van der Waals surface area contributed by atoms with Crippen molar-refractivity contribution in [2.24, 2.45) is 0 Å². The number of fused-ring (bicyclic) bond motifs is 1. The third-order valence-corrected chi connectivity index (χ3v) is 4.63. The molecule has 1 aliphatic heterocycles. The predicted molar refractivity (Wildman–Crippen MR) is 71.2 cm³/mol. The van der Waals surface area contributed by atoms with Gasteiger partial charge in [0.15, 0.2) is 0 Å². The Labute approximate surface area is 109 Å². The van der Waals surface area contributed by atoms with Gasteiger partial charge in [0.25, 0.3) is 0 Å². The summed E-state index contributed by atoms with van der Waals surface area (Å²) in [6.45, 7) is 0. The molecule has 1 atom stereocenters. The first kappa shape index (κ1) is 11.6. The maximum absolute atomic E-state index is 10.9. The van der Waals surface area contributed by atoms with Crippen LogP contribution >= 0.6 is 11.8 Å². The fourth-order valence-electron chi connectivity index (χ4n) is 2.27. The normalized spacial score (nSPS) is 20.1. The number of imidazole rings is 1. The lowest BCUT2D eigenvalue weighted by molar-refractivity contribution is 0.0696. The van der Waals surface area contributed by atoms with E-state index in [0.717, 1.165) is 11.3 Å². The van der Waals surface area contributed by atoms with Gasteiger partial charge in [0.2, 0.25) is 0 Å². The molecule has 1 saturated heterocycles. The van der Waals surface area contributed by atoms with E-state index < -0.39 is 5.97 Å². The van der Waals surface area contributed by atoms with Crippen molar-refractivity contribution >= 4 is 23.4 Å². The number of hydrogen-bond acceptors (Lipinski definition) is 3. The Balaban J connectivity index is 1.97. The summed E-state index contributed by atoms with van der Waals surface area (Å²) in [7, 11) is 0. The molecule has 0 aliphatic carbocycles. The van der Waals surface area contributed by atoms with E-state index in [9.17, 15) is 4.79 Å². The molecule has 1 N–H and O–H groups in total. The fourth-order valence-corrected chi connectivity index (χ4v) is 3.54. The number of hydrogen-bond donors (Lipinski definition) is 1. The van der Waals surface area contributed by atoms with Gasteiger partial charge in [-0.15, -0.1) is 0 Å². The largest absolute Gasteiger partial charge is 0.478 e. The lowest BCUT2D eigenvalue weighted by Gasteiger charge is -2.18. The third-order valence-electron chi connectivity index (χ3n) is 3.23. The molecule has 3 heterocycles. The van der Waals surface area contributed by atoms with Crippen LogP contribution in [-0.4, -0.2) is 26.2 Å². The van der Waals surface area contributed by atoms with E-state index in [-0.39, 0.29) is 0 Å². The molecule has 2 aromatic rings. The number of carbonyl (C=O) groups is 1. The predicted octanol–water partition coefficient (Wildman–Crippen LogP) is 2.99. The minimum Gasteiger partial charge on any atom is -0.478 e. The molecule has 0 bridgehead atoms. The Bertz CT molecular complexity index is 588. The number of aromatic carboxylic acids is 1. The number of pyridine rings is 1. The average Bonchev–Trinajstić information content (AvgIpc) is 2.82. The SMILES string of the molecule is O=C(O)c1ccc2nc(C3CCCCS3)cn2c1. The second-order valence-corrected chi connectivity index (χ2v) is 5.82. The summed E-state index contributed by atoms with van der Waals surface area (Å²) in [6, 6.07) is 3.36. The molecule has 0 spiro atoms. The van der Waals surface area contributed by atoms with E-state index in [2.05, 4.69) is 4.98 Å². The lowest BCUT2D eigenvalue weighted by Crippen LogP contribution is -2.02. The highest BCUT2D eigenvalue weighted by Crippen LogP contribution is 2.37. The fraction of sp³-hybridized carbons (Fsp3) is 0.385. The molecule has 3 rings (SSSR count). The van der Waals surface area contributed by atoms with Crippen LogP contribution in [-0.2, 0) is 0 Å². The molecule has 18 heavy (non-hydrogen) atoms. The van der Waals surface area contributed by atoms with Gasteiger partial charge in [0.1, 0.15) is 5.65 Å². The molecular weight excluding hydrogens is 248 g/mol. The summed E-state index contributed by atoms with van der Waals surface area (Å²) in [6.07, 6.45) is 7.30. The van der Waals surface area contributed by atoms with Crippen LogP contribution in [0.15, 0.2) is 24.5 Å². The third kappa shape index (κ3) is 2.10. The zero-order valence-electron chi connectivity index (χ0n) is 9.87. The second-order valence-electron chi connectivity index (χ2n) is 4.51. The first-order valence-electron chi connectivity index (χ1n) is 6.07. The summed E-state index contributed by atoms with van der Waals surface area (Å²) in [5, 5.41) is 9.43. The van der Waals surface area contributed by atoms with Gasteiger partial charge in [-0.2, -0.15) is 11.8 Å². The van der Waals surface area contributed by atoms with Crippen molar-refractivity contribution in [1.29, 1.82) is 0 Å². The highest BCUT2D eigenvalue weighted by molar-refractivity contribution is 7.99. The van der Waals surface area contributed by atoms with Gasteiger partial charge < -0.3 is 9.51 Å². The maximum atomic E-state index is 10.9. The maximum Gasteiger partial charge on any atom is 0.337 e. The van der Waals surface area contributed by atoms with E-state index in [4.69, 9.17) is 5.11 Å². The number of thioether (sulfide) groups is 1. The van der Waals surface area contributed by atoms with Crippen molar-refractivity contribution in [1.82, 2.24) is 9.38 Å². The van der Waals surface area contributed by atoms with Gasteiger partial charge in [-0.25, -0.2) is 9.78 Å². The number of nitrogens with zero attached hydrogens (tertiary/aromatic N) is 2. The van der Waals surface area contributed by atoms with Crippen LogP contribution in [0.25, 0.3) is 5.65 Å². The molecular formula is C13H14N2O2S. The number of aromatic nitrogens is 2. The minimum absolute atomic E-state index is 0.294. The van der Waals surface area contributed by atoms with Crippen molar-refractivity contribution in [3.8, 4) is 0 Å². The van der Waals surface area contributed by atoms with Gasteiger partial charge in [-0.3, -0.25) is 0 Å². The van der Waals surface area contributed by atoms with E-state index in [1.807, 2.05) is 22.4 Å². The van der Waals surface area contributed by atoms with Crippen LogP contribution in [0, 0.1) is 0 Å². The standard InChI is InChI=1S/C13H14N2O2S/c16-13(17)9-4-5-12-14-10(8-15(12)7-9)11-3-1-2-6-18-11/h4-5,7-8,11H,1-3,6H2,(H,16,17). The molecule has 0 amide bonds. The Morgan fingerprint density at radius 2 is 2.28 bits per heavy atom. The monoisotopic (exact) mass is 262 g/mol. The van der Waals surface area contributed by atoms with Crippen molar-refractivity contribution < 1.29 is 9.90 Å². The summed E-state index contributed by atoms with van der Waals surface area (Å²) in [5.74, 6) is 0.290. The van der Waals surface area contributed by atoms with Crippen LogP contribution in [0.4, 0.5) is 0 Å². The van der Waals surface area contributed by atoms with Gasteiger partial charge in [-0.1, -0.05) is 6.42 Å². The Hall–Kier alpha value is -1.49. The van der Waals surface area contributed by atoms with Crippen molar-refractivity contribution in [3.63, 3.8) is 0 Å². The van der Waals surface area contributed by atoms with Gasteiger partial charge in [-0.05, 0) is 30.7 Å². The minimum atomic E-state index is -0.904. The summed E-state index contributed by atoms with van der Waals surface area (Å²) in [5.41, 5.74) is 2.19. The molecule has 1 aliphatic rings. The van der Waals surface area contributed by atoms with E-state index in [1.165, 1.54) is 25.0 Å². The molecule has 2 aromatic heterocycles. The topological polar surface area (TPSA) is 54.6 Å². The van der Waals surface area contributed by atoms with Crippen LogP contribution in [0.3, 0.4) is 0 Å². The lowest BCUT2D eigenvalue weighted by atomic mass is 10.1. The molecule has 0 aromatic carbocycles. The Morgan fingerprint density at radius 3 is 3.00 bits per heavy atom. The van der Waals surface area contributed by atoms with E-state index >= 15 is 0 Å². The zero-order valence-corrected chi connectivity index (χ0v) is 10.7. The number of rotatable bonds is 2. The smallest absolute Gasteiger partial charge is 0.337 e. The van der Waals surface area contributed by atoms with Crippen molar-refractivity contribution in [2.45, 2.75) is 24.5 Å². The Kier molecular flexibility index (Phi) is 2.99. The highest BCUT2D eigenvalue weighted by Gasteiger charge is 2.19. The summed E-state index contributed by atoms with van der Waals surface area (Å²) >= 11 is 1.95. The molecule has 4 nitrogen and oxygen atoms in total. The number of carboxylic acids is 1. The van der Waals surface area contributed by atoms with Crippen LogP contribution in [0.1, 0.15) is 40.6 Å². The molecule has 5 heteroatoms. The first-order chi connectivity index (χ1) is 8.74. The zero-order chi connectivity index (χ0) is 12.5. The average molecular weight is 262 g/mol. The van der Waals surface area contributed by atoms with Crippen LogP contribution in [0.5, 0.6) is 0 Å². The quantitative estimate of drug-likeness (QED) is 0.904. The van der Waals surface area contributed by atoms with Crippen molar-refractivity contribution in [2.75, 3.05) is 5.75 Å². The molecule has 0 radical (unpaired) electrons. The Morgan fingerprint density at radius 1 is 1.39 bits per heavy atom. The van der Waals surface area contributed by atoms with E-state index in [1.54, 1.807) is 18.3 Å². The van der Waals surface area contributed by atoms with Crippen LogP contribution in [0.2, 0.25) is 0 Å². The molecule has 1 fully saturated rings. The van der Waals surface area contributed by atoms with Crippen molar-refractivity contribution in [3.05, 3.63) is 35.8 Å². The van der Waals surface area contributed by atoms with Gasteiger partial charge >= 0.3 is 5.97 Å². The van der Waals surface area contributed by atoms with Crippen LogP contribution < -0.4 is 0 Å². The van der Waals surface area contributed by atoms with E-state index in [0.29, 0.717) is 10.8 Å². The molecule has 1 unspecified atom stereocenters. The van der Waals surface area contributed by atoms with Gasteiger partial charge in [0.05, 0.1) is 11.3 Å². The number of carboxylic acid groups (broad SMARTS) is 1. The molecule has 0 saturated carbocycles.